The van der Waals surface area contributed by atoms with Gasteiger partial charge < -0.3 is 25.6 Å². The summed E-state index contributed by atoms with van der Waals surface area (Å²) in [4.78, 5) is 40.6. The molecule has 2 aromatic rings. The molecule has 2 unspecified atom stereocenters. The lowest BCUT2D eigenvalue weighted by atomic mass is 10.0. The molecule has 38 heavy (non-hydrogen) atoms. The number of carbonyl (C=O) groups excluding carboxylic acids is 2. The molecular formula is C28H34ClN3O6. The highest BCUT2D eigenvalue weighted by Gasteiger charge is 2.22. The smallest absolute Gasteiger partial charge is 0.308 e. The van der Waals surface area contributed by atoms with E-state index >= 15 is 0 Å². The summed E-state index contributed by atoms with van der Waals surface area (Å²) in [6.07, 6.45) is 9.58. The summed E-state index contributed by atoms with van der Waals surface area (Å²) in [5, 5.41) is 25.1. The Balaban J connectivity index is 2.01. The van der Waals surface area contributed by atoms with Crippen LogP contribution in [0.3, 0.4) is 0 Å². The number of carboxylic acids is 1. The maximum Gasteiger partial charge on any atom is 0.308 e. The number of aromatic nitrogens is 1. The fourth-order valence-electron chi connectivity index (χ4n) is 3.36. The molecule has 2 rings (SSSR count). The summed E-state index contributed by atoms with van der Waals surface area (Å²) in [6, 6.07) is 7.77. The van der Waals surface area contributed by atoms with E-state index in [4.69, 9.17) is 21.4 Å². The number of aliphatic carboxylic acids is 1. The van der Waals surface area contributed by atoms with E-state index < -0.39 is 35.8 Å². The second-order valence-electron chi connectivity index (χ2n) is 8.93. The second kappa shape index (κ2) is 15.5. The van der Waals surface area contributed by atoms with Gasteiger partial charge in [0.1, 0.15) is 11.8 Å². The highest BCUT2D eigenvalue weighted by molar-refractivity contribution is 6.32. The number of aliphatic hydroxyl groups is 1. The number of amides is 2. The van der Waals surface area contributed by atoms with Crippen molar-refractivity contribution in [2.24, 2.45) is 11.8 Å². The van der Waals surface area contributed by atoms with Gasteiger partial charge in [0, 0.05) is 31.3 Å². The minimum absolute atomic E-state index is 0.0869. The van der Waals surface area contributed by atoms with Crippen molar-refractivity contribution in [3.05, 3.63) is 77.1 Å². The summed E-state index contributed by atoms with van der Waals surface area (Å²) in [5.74, 6) is -2.58. The van der Waals surface area contributed by atoms with Crippen LogP contribution in [0.2, 0.25) is 5.02 Å². The Morgan fingerprint density at radius 3 is 2.61 bits per heavy atom. The van der Waals surface area contributed by atoms with E-state index in [-0.39, 0.29) is 25.3 Å². The highest BCUT2D eigenvalue weighted by atomic mass is 35.5. The first-order valence-corrected chi connectivity index (χ1v) is 12.5. The Morgan fingerprint density at radius 2 is 1.97 bits per heavy atom. The topological polar surface area (TPSA) is 138 Å². The Bertz CT molecular complexity index is 1140. The lowest BCUT2D eigenvalue weighted by Crippen LogP contribution is -2.48. The molecule has 9 nitrogen and oxygen atoms in total. The molecule has 0 radical (unpaired) electrons. The van der Waals surface area contributed by atoms with Gasteiger partial charge in [-0.25, -0.2) is 0 Å². The average Bonchev–Trinajstić information content (AvgIpc) is 2.90. The molecule has 0 spiro atoms. The van der Waals surface area contributed by atoms with Crippen LogP contribution in [-0.2, 0) is 20.8 Å². The molecule has 0 aliphatic heterocycles. The van der Waals surface area contributed by atoms with Crippen molar-refractivity contribution >= 4 is 35.5 Å². The zero-order chi connectivity index (χ0) is 28.1. The molecule has 1 heterocycles. The second-order valence-corrected chi connectivity index (χ2v) is 9.34. The molecule has 0 saturated heterocycles. The molecule has 10 heteroatoms. The van der Waals surface area contributed by atoms with E-state index in [0.29, 0.717) is 16.3 Å². The maximum absolute atomic E-state index is 12.8. The Hall–Kier alpha value is -3.69. The van der Waals surface area contributed by atoms with Gasteiger partial charge >= 0.3 is 5.97 Å². The molecule has 0 aliphatic rings. The van der Waals surface area contributed by atoms with Crippen LogP contribution in [0, 0.1) is 11.8 Å². The fraction of sp³-hybridized carbons (Fsp3) is 0.357. The summed E-state index contributed by atoms with van der Waals surface area (Å²) >= 11 is 6.20. The van der Waals surface area contributed by atoms with Crippen LogP contribution >= 0.6 is 11.6 Å². The lowest BCUT2D eigenvalue weighted by molar-refractivity contribution is -0.141. The third kappa shape index (κ3) is 10.4. The molecule has 0 aliphatic carbocycles. The normalized spacial score (nSPS) is 14.6. The van der Waals surface area contributed by atoms with Crippen LogP contribution in [0.4, 0.5) is 0 Å². The number of carboxylic acid groups (broad SMARTS) is 1. The van der Waals surface area contributed by atoms with Crippen molar-refractivity contribution in [3.8, 4) is 5.75 Å². The number of methoxy groups -OCH3 is 1. The maximum atomic E-state index is 12.8. The van der Waals surface area contributed by atoms with Gasteiger partial charge in [-0.15, -0.1) is 0 Å². The number of pyridine rings is 1. The van der Waals surface area contributed by atoms with Crippen LogP contribution in [0.1, 0.15) is 31.4 Å². The number of hydrogen-bond acceptors (Lipinski definition) is 6. The van der Waals surface area contributed by atoms with E-state index in [2.05, 4.69) is 15.6 Å². The molecule has 2 amide bonds. The molecular weight excluding hydrogens is 510 g/mol. The number of ether oxygens (including phenoxy) is 1. The number of benzene rings is 1. The molecule has 0 fully saturated rings. The lowest BCUT2D eigenvalue weighted by Gasteiger charge is -2.19. The predicted molar refractivity (Wildman–Crippen MR) is 146 cm³/mol. The zero-order valence-electron chi connectivity index (χ0n) is 21.6. The molecule has 0 bridgehead atoms. The third-order valence-electron chi connectivity index (χ3n) is 5.82. The summed E-state index contributed by atoms with van der Waals surface area (Å²) in [7, 11) is 1.49. The van der Waals surface area contributed by atoms with Crippen molar-refractivity contribution in [3.63, 3.8) is 0 Å². The average molecular weight is 544 g/mol. The van der Waals surface area contributed by atoms with Crippen LogP contribution in [0.25, 0.3) is 6.08 Å². The number of carbonyl (C=O) groups is 3. The van der Waals surface area contributed by atoms with E-state index in [1.165, 1.54) is 20.1 Å². The van der Waals surface area contributed by atoms with Crippen LogP contribution in [0.5, 0.6) is 5.75 Å². The number of nitrogens with one attached hydrogen (secondary N) is 2. The van der Waals surface area contributed by atoms with Crippen molar-refractivity contribution in [1.29, 1.82) is 0 Å². The molecule has 0 saturated carbocycles. The molecule has 4 N–H and O–H groups in total. The largest absolute Gasteiger partial charge is 0.495 e. The minimum Gasteiger partial charge on any atom is -0.495 e. The number of halogens is 1. The number of nitrogens with zero attached hydrogens (tertiary/aromatic N) is 1. The van der Waals surface area contributed by atoms with E-state index in [9.17, 15) is 19.5 Å². The van der Waals surface area contributed by atoms with Crippen molar-refractivity contribution < 1.29 is 29.3 Å². The van der Waals surface area contributed by atoms with Gasteiger partial charge in [0.25, 0.3) is 0 Å². The van der Waals surface area contributed by atoms with Gasteiger partial charge in [-0.2, -0.15) is 0 Å². The monoisotopic (exact) mass is 543 g/mol. The van der Waals surface area contributed by atoms with Gasteiger partial charge in [0.2, 0.25) is 11.8 Å². The van der Waals surface area contributed by atoms with Gasteiger partial charge in [-0.3, -0.25) is 19.4 Å². The van der Waals surface area contributed by atoms with E-state index in [1.807, 2.05) is 31.2 Å². The van der Waals surface area contributed by atoms with Crippen molar-refractivity contribution in [1.82, 2.24) is 15.6 Å². The van der Waals surface area contributed by atoms with Crippen molar-refractivity contribution in [2.45, 2.75) is 38.8 Å². The first-order chi connectivity index (χ1) is 18.1. The van der Waals surface area contributed by atoms with Gasteiger partial charge in [0.05, 0.1) is 24.2 Å². The van der Waals surface area contributed by atoms with Crippen LogP contribution in [-0.4, -0.2) is 58.8 Å². The van der Waals surface area contributed by atoms with Crippen LogP contribution < -0.4 is 15.4 Å². The quantitative estimate of drug-likeness (QED) is 0.268. The minimum atomic E-state index is -1.04. The number of aliphatic hydroxyl groups excluding tert-OH is 1. The molecule has 4 atom stereocenters. The first-order valence-electron chi connectivity index (χ1n) is 12.2. The number of rotatable bonds is 14. The summed E-state index contributed by atoms with van der Waals surface area (Å²) in [6.45, 7) is 3.25. The standard InChI is InChI=1S/C28H34ClN3O6/c1-18(9-10-20-6-5-13-30-17-20)24(33)7-4-8-26(34)32-23(27(35)31-16-19(2)28(36)37)15-21-11-12-25(38-3)22(29)14-21/h4-6,8-14,17-19,23-24,33H,7,15-16H2,1-3H3,(H,31,35)(H,32,34)(H,36,37)/b8-4+,10-9+/t18-,19?,23?,24+/m1/s1. The predicted octanol–water partition coefficient (Wildman–Crippen LogP) is 3.26. The van der Waals surface area contributed by atoms with E-state index in [1.54, 1.807) is 36.7 Å². The van der Waals surface area contributed by atoms with Crippen molar-refractivity contribution in [2.75, 3.05) is 13.7 Å². The van der Waals surface area contributed by atoms with Gasteiger partial charge in [0.15, 0.2) is 0 Å². The summed E-state index contributed by atoms with van der Waals surface area (Å²) in [5.41, 5.74) is 1.60. The Labute approximate surface area is 227 Å². The third-order valence-corrected chi connectivity index (χ3v) is 6.12. The fourth-order valence-corrected chi connectivity index (χ4v) is 3.64. The summed E-state index contributed by atoms with van der Waals surface area (Å²) < 4.78 is 5.15. The van der Waals surface area contributed by atoms with Gasteiger partial charge in [-0.1, -0.05) is 55.8 Å². The van der Waals surface area contributed by atoms with E-state index in [0.717, 1.165) is 5.56 Å². The molecule has 1 aromatic carbocycles. The molecule has 204 valence electrons. The Kier molecular flexibility index (Phi) is 12.5. The zero-order valence-corrected chi connectivity index (χ0v) is 22.4. The molecule has 1 aromatic heterocycles. The van der Waals surface area contributed by atoms with Gasteiger partial charge in [-0.05, 0) is 41.8 Å². The highest BCUT2D eigenvalue weighted by Crippen LogP contribution is 2.25. The number of hydrogen-bond donors (Lipinski definition) is 4. The Morgan fingerprint density at radius 1 is 1.21 bits per heavy atom. The SMILES string of the molecule is COc1ccc(CC(NC(=O)/C=C/C[C@H](O)[C@H](C)/C=C/c2cccnc2)C(=O)NCC(C)C(=O)O)cc1Cl. The van der Waals surface area contributed by atoms with Crippen LogP contribution in [0.15, 0.2) is 61.0 Å². The first kappa shape index (κ1) is 30.5.